The Morgan fingerprint density at radius 2 is 2.10 bits per heavy atom. The first kappa shape index (κ1) is 16.4. The number of aromatic nitrogens is 2. The fraction of sp³-hybridized carbons (Fsp3) is 0.733. The number of piperazine rings is 1. The molecule has 0 bridgehead atoms. The summed E-state index contributed by atoms with van der Waals surface area (Å²) >= 11 is 5.22. The number of aryl methyl sites for hydroxylation is 1. The van der Waals surface area contributed by atoms with Gasteiger partial charge in [-0.1, -0.05) is 25.6 Å². The Hall–Kier alpha value is -0.980. The van der Waals surface area contributed by atoms with Gasteiger partial charge in [-0.05, 0) is 6.42 Å². The lowest BCUT2D eigenvalue weighted by molar-refractivity contribution is 0.115. The van der Waals surface area contributed by atoms with Crippen molar-refractivity contribution in [2.75, 3.05) is 32.7 Å². The summed E-state index contributed by atoms with van der Waals surface area (Å²) in [6.07, 6.45) is 7.08. The second-order valence-corrected chi connectivity index (χ2v) is 6.26. The Labute approximate surface area is 133 Å². The predicted molar refractivity (Wildman–Crippen MR) is 90.4 cm³/mol. The third-order valence-electron chi connectivity index (χ3n) is 4.31. The summed E-state index contributed by atoms with van der Waals surface area (Å²) in [6, 6.07) is 0.279. The summed E-state index contributed by atoms with van der Waals surface area (Å²) in [4.78, 5) is 9.99. The van der Waals surface area contributed by atoms with Gasteiger partial charge < -0.3 is 15.2 Å². The number of nitrogens with zero attached hydrogens (tertiary/aromatic N) is 4. The molecule has 1 atom stereocenters. The Balaban J connectivity index is 1.77. The maximum atomic E-state index is 5.89. The molecule has 1 aromatic heterocycles. The molecule has 1 saturated heterocycles. The van der Waals surface area contributed by atoms with Crippen LogP contribution in [0.2, 0.25) is 0 Å². The van der Waals surface area contributed by atoms with E-state index in [9.17, 15) is 0 Å². The van der Waals surface area contributed by atoms with Gasteiger partial charge in [-0.2, -0.15) is 0 Å². The third-order valence-corrected chi connectivity index (χ3v) is 4.58. The normalized spacial score (nSPS) is 18.8. The first-order valence-corrected chi connectivity index (χ1v) is 8.24. The Morgan fingerprint density at radius 3 is 2.62 bits per heavy atom. The summed E-state index contributed by atoms with van der Waals surface area (Å²) in [6.45, 7) is 7.56. The largest absolute Gasteiger partial charge is 0.392 e. The van der Waals surface area contributed by atoms with E-state index in [2.05, 4.69) is 33.3 Å². The van der Waals surface area contributed by atoms with Crippen LogP contribution >= 0.6 is 12.2 Å². The van der Waals surface area contributed by atoms with Gasteiger partial charge in [-0.25, -0.2) is 4.98 Å². The highest BCUT2D eigenvalue weighted by Crippen LogP contribution is 2.12. The molecule has 1 aliphatic rings. The van der Waals surface area contributed by atoms with Gasteiger partial charge >= 0.3 is 0 Å². The Morgan fingerprint density at radius 1 is 1.38 bits per heavy atom. The van der Waals surface area contributed by atoms with Crippen molar-refractivity contribution in [1.29, 1.82) is 0 Å². The summed E-state index contributed by atoms with van der Waals surface area (Å²) in [5.41, 5.74) is 5.89. The molecule has 1 unspecified atom stereocenters. The number of thiocarbonyl (C=S) groups is 1. The summed E-state index contributed by atoms with van der Waals surface area (Å²) in [5.74, 6) is 1.16. The van der Waals surface area contributed by atoms with Crippen molar-refractivity contribution in [2.24, 2.45) is 12.8 Å². The highest BCUT2D eigenvalue weighted by Gasteiger charge is 2.24. The van der Waals surface area contributed by atoms with Gasteiger partial charge in [0.2, 0.25) is 0 Å². The quantitative estimate of drug-likeness (QED) is 0.763. The minimum atomic E-state index is 0.279. The van der Waals surface area contributed by atoms with Crippen LogP contribution in [0.4, 0.5) is 0 Å². The highest BCUT2D eigenvalue weighted by molar-refractivity contribution is 7.80. The number of hydrogen-bond donors (Lipinski definition) is 1. The molecule has 21 heavy (non-hydrogen) atoms. The molecule has 118 valence electrons. The van der Waals surface area contributed by atoms with Crippen molar-refractivity contribution in [3.63, 3.8) is 0 Å². The van der Waals surface area contributed by atoms with E-state index < -0.39 is 0 Å². The fourth-order valence-corrected chi connectivity index (χ4v) is 3.24. The third kappa shape index (κ3) is 4.49. The molecule has 0 radical (unpaired) electrons. The van der Waals surface area contributed by atoms with Crippen molar-refractivity contribution >= 4 is 17.2 Å². The Kier molecular flexibility index (Phi) is 6.14. The smallest absolute Gasteiger partial charge is 0.109 e. The van der Waals surface area contributed by atoms with E-state index in [1.807, 2.05) is 12.4 Å². The molecule has 0 aliphatic carbocycles. The lowest BCUT2D eigenvalue weighted by atomic mass is 10.1. The van der Waals surface area contributed by atoms with Crippen LogP contribution in [0.3, 0.4) is 0 Å². The molecule has 2 N–H and O–H groups in total. The van der Waals surface area contributed by atoms with Gasteiger partial charge in [0.15, 0.2) is 0 Å². The summed E-state index contributed by atoms with van der Waals surface area (Å²) in [7, 11) is 2.05. The minimum absolute atomic E-state index is 0.279. The van der Waals surface area contributed by atoms with Gasteiger partial charge in [0.05, 0.1) is 11.0 Å². The standard InChI is InChI=1S/C15H27N5S/c1-3-4-13(15(16)21)20-11-9-19(10-12-20)7-5-14-17-6-8-18(14)2/h6,8,13H,3-5,7,9-12H2,1-2H3,(H2,16,21). The van der Waals surface area contributed by atoms with Crippen LogP contribution in [0.5, 0.6) is 0 Å². The van der Waals surface area contributed by atoms with E-state index in [4.69, 9.17) is 18.0 Å². The average Bonchev–Trinajstić information content (AvgIpc) is 2.88. The van der Waals surface area contributed by atoms with Gasteiger partial charge in [0, 0.05) is 58.6 Å². The van der Waals surface area contributed by atoms with Crippen molar-refractivity contribution in [3.8, 4) is 0 Å². The minimum Gasteiger partial charge on any atom is -0.392 e. The van der Waals surface area contributed by atoms with E-state index >= 15 is 0 Å². The van der Waals surface area contributed by atoms with Crippen LogP contribution in [-0.4, -0.2) is 63.1 Å². The number of hydrogen-bond acceptors (Lipinski definition) is 4. The molecule has 1 aliphatic heterocycles. The van der Waals surface area contributed by atoms with Crippen molar-refractivity contribution < 1.29 is 0 Å². The molecule has 5 nitrogen and oxygen atoms in total. The van der Waals surface area contributed by atoms with Gasteiger partial charge in [0.25, 0.3) is 0 Å². The van der Waals surface area contributed by atoms with Gasteiger partial charge in [-0.3, -0.25) is 4.90 Å². The summed E-state index contributed by atoms with van der Waals surface area (Å²) < 4.78 is 2.10. The molecule has 1 aromatic rings. The topological polar surface area (TPSA) is 50.3 Å². The van der Waals surface area contributed by atoms with Crippen LogP contribution < -0.4 is 5.73 Å². The second-order valence-electron chi connectivity index (χ2n) is 5.79. The molecule has 1 fully saturated rings. The predicted octanol–water partition coefficient (Wildman–Crippen LogP) is 1.03. The van der Waals surface area contributed by atoms with E-state index in [1.54, 1.807) is 0 Å². The molecule has 2 heterocycles. The highest BCUT2D eigenvalue weighted by atomic mass is 32.1. The van der Waals surface area contributed by atoms with Crippen LogP contribution in [0.1, 0.15) is 25.6 Å². The number of imidazole rings is 1. The number of rotatable bonds is 7. The number of nitrogens with two attached hydrogens (primary N) is 1. The molecular formula is C15H27N5S. The maximum Gasteiger partial charge on any atom is 0.109 e. The van der Waals surface area contributed by atoms with Gasteiger partial charge in [0.1, 0.15) is 5.82 Å². The molecule has 0 aromatic carbocycles. The lowest BCUT2D eigenvalue weighted by Crippen LogP contribution is -2.53. The fourth-order valence-electron chi connectivity index (χ4n) is 2.97. The van der Waals surface area contributed by atoms with E-state index in [0.29, 0.717) is 4.99 Å². The average molecular weight is 309 g/mol. The zero-order valence-corrected chi connectivity index (χ0v) is 14.0. The molecule has 0 saturated carbocycles. The van der Waals surface area contributed by atoms with Crippen LogP contribution in [0.25, 0.3) is 0 Å². The maximum absolute atomic E-state index is 5.89. The van der Waals surface area contributed by atoms with Crippen molar-refractivity contribution in [1.82, 2.24) is 19.4 Å². The van der Waals surface area contributed by atoms with Crippen LogP contribution in [-0.2, 0) is 13.5 Å². The molecule has 0 amide bonds. The Bertz CT molecular complexity index is 451. The molecule has 6 heteroatoms. The van der Waals surface area contributed by atoms with Gasteiger partial charge in [-0.15, -0.1) is 0 Å². The lowest BCUT2D eigenvalue weighted by Gasteiger charge is -2.38. The monoisotopic (exact) mass is 309 g/mol. The van der Waals surface area contributed by atoms with E-state index in [0.717, 1.165) is 57.8 Å². The molecular weight excluding hydrogens is 282 g/mol. The first-order chi connectivity index (χ1) is 10.1. The second kappa shape index (κ2) is 7.87. The zero-order chi connectivity index (χ0) is 15.2. The van der Waals surface area contributed by atoms with Crippen molar-refractivity contribution in [2.45, 2.75) is 32.2 Å². The molecule has 2 rings (SSSR count). The van der Waals surface area contributed by atoms with Crippen LogP contribution in [0.15, 0.2) is 12.4 Å². The van der Waals surface area contributed by atoms with E-state index in [-0.39, 0.29) is 6.04 Å². The molecule has 0 spiro atoms. The van der Waals surface area contributed by atoms with E-state index in [1.165, 1.54) is 0 Å². The summed E-state index contributed by atoms with van der Waals surface area (Å²) in [5, 5.41) is 0. The first-order valence-electron chi connectivity index (χ1n) is 7.83. The SMILES string of the molecule is CCCC(C(N)=S)N1CCN(CCc2nccn2C)CC1. The van der Waals surface area contributed by atoms with Crippen LogP contribution in [0, 0.1) is 0 Å². The van der Waals surface area contributed by atoms with Crippen molar-refractivity contribution in [3.05, 3.63) is 18.2 Å². The zero-order valence-electron chi connectivity index (χ0n) is 13.2.